The van der Waals surface area contributed by atoms with E-state index in [-0.39, 0.29) is 35.3 Å². The fourth-order valence-electron chi connectivity index (χ4n) is 3.65. The highest BCUT2D eigenvalue weighted by Crippen LogP contribution is 2.47. The predicted molar refractivity (Wildman–Crippen MR) is 81.1 cm³/mol. The number of aliphatic hydroxyl groups is 1. The third-order valence-electron chi connectivity index (χ3n) is 4.66. The molecule has 3 N–H and O–H groups in total. The van der Waals surface area contributed by atoms with E-state index in [4.69, 9.17) is 22.1 Å². The maximum atomic E-state index is 10.2. The molecular weight excluding hydrogens is 306 g/mol. The first-order chi connectivity index (χ1) is 10.6. The van der Waals surface area contributed by atoms with Gasteiger partial charge in [-0.3, -0.25) is 4.57 Å². The summed E-state index contributed by atoms with van der Waals surface area (Å²) < 4.78 is 7.85. The molecule has 2 aliphatic rings. The minimum Gasteiger partial charge on any atom is -0.390 e. The Labute approximate surface area is 131 Å². The highest BCUT2D eigenvalue weighted by Gasteiger charge is 2.49. The number of fused-ring (bicyclic) bond motifs is 2. The van der Waals surface area contributed by atoms with E-state index in [0.29, 0.717) is 17.6 Å². The van der Waals surface area contributed by atoms with Crippen LogP contribution in [0.15, 0.2) is 19.0 Å². The number of ether oxygens (including phenoxy) is 1. The fraction of sp³-hybridized carbons (Fsp3) is 0.500. The molecule has 1 aliphatic carbocycles. The summed E-state index contributed by atoms with van der Waals surface area (Å²) in [6, 6.07) is 0. The normalized spacial score (nSPS) is 34.2. The molecule has 2 aromatic rings. The largest absolute Gasteiger partial charge is 0.390 e. The Kier molecular flexibility index (Phi) is 3.11. The van der Waals surface area contributed by atoms with Gasteiger partial charge in [0.25, 0.3) is 0 Å². The first kappa shape index (κ1) is 13.9. The molecule has 8 heteroatoms. The summed E-state index contributed by atoms with van der Waals surface area (Å²) >= 11 is 6.05. The Morgan fingerprint density at radius 2 is 2.27 bits per heavy atom. The summed E-state index contributed by atoms with van der Waals surface area (Å²) in [6.45, 7) is 3.86. The zero-order chi connectivity index (χ0) is 15.4. The minimum absolute atomic E-state index is 0.0986. The Bertz CT molecular complexity index is 748. The van der Waals surface area contributed by atoms with Crippen LogP contribution in [0.5, 0.6) is 0 Å². The smallest absolute Gasteiger partial charge is 0.223 e. The molecule has 4 rings (SSSR count). The van der Waals surface area contributed by atoms with E-state index >= 15 is 0 Å². The van der Waals surface area contributed by atoms with E-state index in [1.54, 1.807) is 6.33 Å². The number of allylic oxidation sites excluding steroid dienone is 1. The Hall–Kier alpha value is -1.70. The van der Waals surface area contributed by atoms with E-state index in [1.165, 1.54) is 0 Å². The standard InChI is InChI=1S/C14H16ClN5O2/c1-2-6-3-8(21)11-7(6)4-9(22-11)20-5-17-10-12(15)18-14(16)19-13(10)20/h2,5-9,11,21H,1,3-4H2,(H2,16,18,19)/t6-,7+,8-,9-,11+/m1/s1. The van der Waals surface area contributed by atoms with Gasteiger partial charge >= 0.3 is 0 Å². The van der Waals surface area contributed by atoms with Gasteiger partial charge in [-0.25, -0.2) is 4.98 Å². The lowest BCUT2D eigenvalue weighted by atomic mass is 9.93. The van der Waals surface area contributed by atoms with Gasteiger partial charge in [0.05, 0.1) is 18.5 Å². The van der Waals surface area contributed by atoms with Crippen LogP contribution in [0, 0.1) is 11.8 Å². The lowest BCUT2D eigenvalue weighted by molar-refractivity contribution is -0.0525. The number of aliphatic hydroxyl groups excluding tert-OH is 1. The maximum absolute atomic E-state index is 10.2. The van der Waals surface area contributed by atoms with Gasteiger partial charge in [0, 0.05) is 0 Å². The third-order valence-corrected chi connectivity index (χ3v) is 4.93. The average molecular weight is 322 g/mol. The van der Waals surface area contributed by atoms with Crippen LogP contribution in [0.4, 0.5) is 5.95 Å². The van der Waals surface area contributed by atoms with Gasteiger partial charge < -0.3 is 15.6 Å². The molecule has 2 fully saturated rings. The van der Waals surface area contributed by atoms with Crippen molar-refractivity contribution in [3.8, 4) is 0 Å². The second-order valence-electron chi connectivity index (χ2n) is 5.85. The van der Waals surface area contributed by atoms with Crippen molar-refractivity contribution in [2.75, 3.05) is 5.73 Å². The van der Waals surface area contributed by atoms with Crippen LogP contribution in [0.25, 0.3) is 11.2 Å². The van der Waals surface area contributed by atoms with Crippen molar-refractivity contribution in [1.29, 1.82) is 0 Å². The number of aromatic nitrogens is 4. The third kappa shape index (κ3) is 1.93. The molecule has 116 valence electrons. The van der Waals surface area contributed by atoms with Crippen LogP contribution in [0.2, 0.25) is 5.15 Å². The number of hydrogen-bond acceptors (Lipinski definition) is 6. The average Bonchev–Trinajstić information content (AvgIpc) is 3.13. The van der Waals surface area contributed by atoms with E-state index in [9.17, 15) is 5.11 Å². The number of hydrogen-bond donors (Lipinski definition) is 2. The predicted octanol–water partition coefficient (Wildman–Crippen LogP) is 1.53. The van der Waals surface area contributed by atoms with Crippen molar-refractivity contribution in [3.05, 3.63) is 24.1 Å². The summed E-state index contributed by atoms with van der Waals surface area (Å²) in [5, 5.41) is 10.4. The van der Waals surface area contributed by atoms with E-state index in [0.717, 1.165) is 6.42 Å². The van der Waals surface area contributed by atoms with Crippen LogP contribution in [0.1, 0.15) is 19.1 Å². The van der Waals surface area contributed by atoms with Crippen molar-refractivity contribution >= 4 is 28.7 Å². The number of nitrogen functional groups attached to an aromatic ring is 1. The van der Waals surface area contributed by atoms with Gasteiger partial charge in [-0.05, 0) is 24.7 Å². The molecule has 22 heavy (non-hydrogen) atoms. The molecule has 0 amide bonds. The molecule has 7 nitrogen and oxygen atoms in total. The van der Waals surface area contributed by atoms with Gasteiger partial charge in [0.15, 0.2) is 10.8 Å². The molecule has 0 unspecified atom stereocenters. The molecule has 1 aliphatic heterocycles. The highest BCUT2D eigenvalue weighted by molar-refractivity contribution is 6.33. The number of nitrogens with two attached hydrogens (primary N) is 1. The number of halogens is 1. The Morgan fingerprint density at radius 3 is 3.05 bits per heavy atom. The topological polar surface area (TPSA) is 99.1 Å². The summed E-state index contributed by atoms with van der Waals surface area (Å²) in [5.74, 6) is 0.620. The SMILES string of the molecule is C=C[C@@H]1C[C@@H](O)[C@H]2O[C@@H](n3cnc4c(Cl)nc(N)nc43)C[C@H]21. The van der Waals surface area contributed by atoms with Crippen LogP contribution < -0.4 is 5.73 Å². The van der Waals surface area contributed by atoms with Crippen molar-refractivity contribution in [1.82, 2.24) is 19.5 Å². The van der Waals surface area contributed by atoms with E-state index < -0.39 is 6.10 Å². The molecule has 3 heterocycles. The monoisotopic (exact) mass is 321 g/mol. The van der Waals surface area contributed by atoms with Crippen LogP contribution in [-0.4, -0.2) is 36.8 Å². The number of rotatable bonds is 2. The summed E-state index contributed by atoms with van der Waals surface area (Å²) in [6.07, 6.45) is 4.12. The molecule has 0 aromatic carbocycles. The van der Waals surface area contributed by atoms with Gasteiger partial charge in [-0.2, -0.15) is 9.97 Å². The van der Waals surface area contributed by atoms with Gasteiger partial charge in [-0.1, -0.05) is 17.7 Å². The molecule has 0 spiro atoms. The van der Waals surface area contributed by atoms with Crippen molar-refractivity contribution < 1.29 is 9.84 Å². The zero-order valence-electron chi connectivity index (χ0n) is 11.8. The maximum Gasteiger partial charge on any atom is 0.223 e. The van der Waals surface area contributed by atoms with Gasteiger partial charge in [0.1, 0.15) is 11.7 Å². The van der Waals surface area contributed by atoms with Gasteiger partial charge in [-0.15, -0.1) is 6.58 Å². The number of nitrogens with zero attached hydrogens (tertiary/aromatic N) is 4. The van der Waals surface area contributed by atoms with Gasteiger partial charge in [0.2, 0.25) is 5.95 Å². The number of anilines is 1. The Morgan fingerprint density at radius 1 is 1.45 bits per heavy atom. The van der Waals surface area contributed by atoms with Crippen LogP contribution >= 0.6 is 11.6 Å². The van der Waals surface area contributed by atoms with Crippen molar-refractivity contribution in [2.24, 2.45) is 11.8 Å². The van der Waals surface area contributed by atoms with Crippen LogP contribution in [-0.2, 0) is 4.74 Å². The van der Waals surface area contributed by atoms with Crippen LogP contribution in [0.3, 0.4) is 0 Å². The first-order valence-electron chi connectivity index (χ1n) is 7.20. The molecule has 0 radical (unpaired) electrons. The lowest BCUT2D eigenvalue weighted by Gasteiger charge is -2.17. The molecule has 0 bridgehead atoms. The lowest BCUT2D eigenvalue weighted by Crippen LogP contribution is -2.23. The summed E-state index contributed by atoms with van der Waals surface area (Å²) in [7, 11) is 0. The number of imidazole rings is 1. The van der Waals surface area contributed by atoms with E-state index in [1.807, 2.05) is 10.6 Å². The highest BCUT2D eigenvalue weighted by atomic mass is 35.5. The molecule has 1 saturated carbocycles. The fourth-order valence-corrected chi connectivity index (χ4v) is 3.87. The molecule has 1 saturated heterocycles. The molecular formula is C14H16ClN5O2. The molecule has 5 atom stereocenters. The second-order valence-corrected chi connectivity index (χ2v) is 6.21. The molecule has 2 aromatic heterocycles. The quantitative estimate of drug-likeness (QED) is 0.643. The first-order valence-corrected chi connectivity index (χ1v) is 7.58. The van der Waals surface area contributed by atoms with E-state index in [2.05, 4.69) is 21.5 Å². The van der Waals surface area contributed by atoms with Crippen molar-refractivity contribution in [3.63, 3.8) is 0 Å². The minimum atomic E-state index is -0.462. The van der Waals surface area contributed by atoms with Crippen molar-refractivity contribution in [2.45, 2.75) is 31.3 Å². The summed E-state index contributed by atoms with van der Waals surface area (Å²) in [4.78, 5) is 12.4. The zero-order valence-corrected chi connectivity index (χ0v) is 12.5. The Balaban J connectivity index is 1.71. The second kappa shape index (κ2) is 4.91. The summed E-state index contributed by atoms with van der Waals surface area (Å²) in [5.41, 5.74) is 6.71.